The Morgan fingerprint density at radius 3 is 2.30 bits per heavy atom. The fourth-order valence-electron chi connectivity index (χ4n) is 3.67. The van der Waals surface area contributed by atoms with E-state index in [0.717, 1.165) is 12.8 Å². The minimum atomic E-state index is -3.26. The van der Waals surface area contributed by atoms with Crippen molar-refractivity contribution in [1.82, 2.24) is 10.4 Å². The van der Waals surface area contributed by atoms with Gasteiger partial charge in [0, 0.05) is 24.2 Å². The summed E-state index contributed by atoms with van der Waals surface area (Å²) in [5.74, 6) is -0.285. The van der Waals surface area contributed by atoms with Gasteiger partial charge in [-0.3, -0.25) is 14.4 Å². The van der Waals surface area contributed by atoms with Crippen LogP contribution in [0.25, 0.3) is 0 Å². The second-order valence-electron chi connectivity index (χ2n) is 8.15. The molecule has 33 heavy (non-hydrogen) atoms. The lowest BCUT2D eigenvalue weighted by Gasteiger charge is -2.27. The van der Waals surface area contributed by atoms with Crippen LogP contribution >= 0.6 is 0 Å². The molecule has 178 valence electrons. The summed E-state index contributed by atoms with van der Waals surface area (Å²) in [5.41, 5.74) is 4.77. The van der Waals surface area contributed by atoms with E-state index in [1.165, 1.54) is 12.1 Å². The lowest BCUT2D eigenvalue weighted by molar-refractivity contribution is -0.115. The van der Waals surface area contributed by atoms with Gasteiger partial charge in [-0.15, -0.1) is 0 Å². The van der Waals surface area contributed by atoms with Crippen molar-refractivity contribution in [1.29, 1.82) is 0 Å². The zero-order valence-electron chi connectivity index (χ0n) is 19.2. The normalized spacial score (nSPS) is 18.2. The van der Waals surface area contributed by atoms with E-state index in [4.69, 9.17) is 4.84 Å². The summed E-state index contributed by atoms with van der Waals surface area (Å²) in [4.78, 5) is 32.9. The van der Waals surface area contributed by atoms with Crippen LogP contribution in [0.3, 0.4) is 0 Å². The summed E-state index contributed by atoms with van der Waals surface area (Å²) in [6.45, 7) is 6.19. The zero-order valence-corrected chi connectivity index (χ0v) is 20.0. The highest BCUT2D eigenvalue weighted by Gasteiger charge is 2.30. The van der Waals surface area contributed by atoms with Gasteiger partial charge in [0.1, 0.15) is 6.17 Å². The van der Waals surface area contributed by atoms with Crippen molar-refractivity contribution in [2.75, 3.05) is 17.6 Å². The highest BCUT2D eigenvalue weighted by molar-refractivity contribution is 7.91. The van der Waals surface area contributed by atoms with Crippen LogP contribution in [0, 0.1) is 0 Å². The van der Waals surface area contributed by atoms with E-state index in [0.29, 0.717) is 23.4 Å². The van der Waals surface area contributed by atoms with Crippen molar-refractivity contribution >= 4 is 27.3 Å². The summed E-state index contributed by atoms with van der Waals surface area (Å²) in [6, 6.07) is 13.1. The number of sulfone groups is 1. The first-order valence-corrected chi connectivity index (χ1v) is 12.8. The quantitative estimate of drug-likeness (QED) is 0.580. The van der Waals surface area contributed by atoms with Gasteiger partial charge in [-0.1, -0.05) is 26.0 Å². The van der Waals surface area contributed by atoms with E-state index in [9.17, 15) is 18.0 Å². The molecule has 1 aliphatic rings. The van der Waals surface area contributed by atoms with Crippen LogP contribution in [0.15, 0.2) is 53.4 Å². The second-order valence-corrected chi connectivity index (χ2v) is 10.4. The molecule has 2 aromatic rings. The summed E-state index contributed by atoms with van der Waals surface area (Å²) in [5, 5.41) is 2.81. The number of hydrogen-bond donors (Lipinski definition) is 2. The number of rotatable bonds is 9. The predicted octanol–water partition coefficient (Wildman–Crippen LogP) is 3.15. The number of hydroxylamine groups is 1. The predicted molar refractivity (Wildman–Crippen MR) is 126 cm³/mol. The molecule has 8 nitrogen and oxygen atoms in total. The molecule has 2 aromatic carbocycles. The lowest BCUT2D eigenvalue weighted by atomic mass is 10.1. The number of carbonyl (C=O) groups is 2. The van der Waals surface area contributed by atoms with E-state index in [1.807, 2.05) is 13.8 Å². The van der Waals surface area contributed by atoms with Gasteiger partial charge < -0.3 is 10.2 Å². The molecule has 1 fully saturated rings. The first-order chi connectivity index (χ1) is 15.7. The molecule has 2 unspecified atom stereocenters. The van der Waals surface area contributed by atoms with Crippen LogP contribution in [0.5, 0.6) is 0 Å². The molecule has 0 radical (unpaired) electrons. The Bertz CT molecular complexity index is 1070. The van der Waals surface area contributed by atoms with Crippen molar-refractivity contribution in [3.05, 3.63) is 59.7 Å². The molecule has 1 aliphatic heterocycles. The van der Waals surface area contributed by atoms with Gasteiger partial charge in [-0.05, 0) is 55.3 Å². The monoisotopic (exact) mass is 473 g/mol. The average Bonchev–Trinajstić information content (AvgIpc) is 3.23. The van der Waals surface area contributed by atoms with E-state index < -0.39 is 9.84 Å². The van der Waals surface area contributed by atoms with Gasteiger partial charge in [0.2, 0.25) is 5.91 Å². The van der Waals surface area contributed by atoms with Gasteiger partial charge in [0.25, 0.3) is 5.91 Å². The lowest BCUT2D eigenvalue weighted by Crippen LogP contribution is -2.45. The molecule has 0 spiro atoms. The Labute approximate surface area is 195 Å². The third-order valence-electron chi connectivity index (χ3n) is 5.50. The van der Waals surface area contributed by atoms with E-state index in [-0.39, 0.29) is 41.2 Å². The molecule has 0 aliphatic carbocycles. The third-order valence-corrected chi connectivity index (χ3v) is 7.26. The van der Waals surface area contributed by atoms with Crippen molar-refractivity contribution in [3.63, 3.8) is 0 Å². The zero-order chi connectivity index (χ0) is 24.0. The number of benzene rings is 2. The van der Waals surface area contributed by atoms with Crippen LogP contribution < -0.4 is 10.8 Å². The highest BCUT2D eigenvalue weighted by Crippen LogP contribution is 2.19. The van der Waals surface area contributed by atoms with Gasteiger partial charge in [0.15, 0.2) is 9.84 Å². The van der Waals surface area contributed by atoms with Crippen molar-refractivity contribution in [2.24, 2.45) is 0 Å². The molecule has 3 rings (SSSR count). The van der Waals surface area contributed by atoms with E-state index in [2.05, 4.69) is 10.8 Å². The first-order valence-electron chi connectivity index (χ1n) is 11.2. The summed E-state index contributed by atoms with van der Waals surface area (Å²) >= 11 is 0. The molecule has 2 atom stereocenters. The van der Waals surface area contributed by atoms with Crippen molar-refractivity contribution in [3.8, 4) is 0 Å². The number of nitrogens with zero attached hydrogens (tertiary/aromatic N) is 1. The molecule has 2 amide bonds. The summed E-state index contributed by atoms with van der Waals surface area (Å²) < 4.78 is 23.8. The largest absolute Gasteiger partial charge is 0.326 e. The van der Waals surface area contributed by atoms with Crippen LogP contribution in [0.2, 0.25) is 0 Å². The molecule has 2 N–H and O–H groups in total. The second kappa shape index (κ2) is 10.9. The molecular formula is C24H31N3O5S. The van der Waals surface area contributed by atoms with Crippen LogP contribution in [0.4, 0.5) is 5.69 Å². The standard InChI is InChI=1S/C24H31N3O5S/c1-4-14-27(22-15-17(3)32-26-22)24(29)19-8-10-20(11-9-19)25-23(28)16-18-6-12-21(13-7-18)33(30,31)5-2/h6-13,17,22,26H,4-5,14-16H2,1-3H3,(H,25,28). The maximum atomic E-state index is 13.0. The van der Waals surface area contributed by atoms with E-state index >= 15 is 0 Å². The number of amides is 2. The average molecular weight is 474 g/mol. The molecular weight excluding hydrogens is 442 g/mol. The van der Waals surface area contributed by atoms with Crippen LogP contribution in [-0.4, -0.2) is 49.7 Å². The van der Waals surface area contributed by atoms with E-state index in [1.54, 1.807) is 48.2 Å². The van der Waals surface area contributed by atoms with Gasteiger partial charge in [0.05, 0.1) is 23.2 Å². The topological polar surface area (TPSA) is 105 Å². The minimum Gasteiger partial charge on any atom is -0.326 e. The summed E-state index contributed by atoms with van der Waals surface area (Å²) in [7, 11) is -3.26. The smallest absolute Gasteiger partial charge is 0.255 e. The molecule has 1 heterocycles. The number of nitrogens with one attached hydrogen (secondary N) is 2. The minimum absolute atomic E-state index is 0.0333. The molecule has 0 aromatic heterocycles. The molecule has 0 saturated carbocycles. The Kier molecular flexibility index (Phi) is 8.23. The maximum absolute atomic E-state index is 13.0. The highest BCUT2D eigenvalue weighted by atomic mass is 32.2. The fourth-order valence-corrected chi connectivity index (χ4v) is 4.55. The van der Waals surface area contributed by atoms with Gasteiger partial charge >= 0.3 is 0 Å². The Morgan fingerprint density at radius 2 is 1.76 bits per heavy atom. The fraction of sp³-hybridized carbons (Fsp3) is 0.417. The maximum Gasteiger partial charge on any atom is 0.255 e. The molecule has 1 saturated heterocycles. The third kappa shape index (κ3) is 6.40. The number of carbonyl (C=O) groups excluding carboxylic acids is 2. The number of anilines is 1. The Balaban J connectivity index is 1.60. The van der Waals surface area contributed by atoms with Gasteiger partial charge in [-0.2, -0.15) is 5.48 Å². The molecule has 9 heteroatoms. The summed E-state index contributed by atoms with van der Waals surface area (Å²) in [6.07, 6.45) is 1.56. The Morgan fingerprint density at radius 1 is 1.09 bits per heavy atom. The van der Waals surface area contributed by atoms with Crippen LogP contribution in [-0.2, 0) is 25.9 Å². The SMILES string of the molecule is CCCN(C(=O)c1ccc(NC(=O)Cc2ccc(S(=O)(=O)CC)cc2)cc1)C1CC(C)ON1. The Hall–Kier alpha value is -2.75. The van der Waals surface area contributed by atoms with Crippen molar-refractivity contribution < 1.29 is 22.8 Å². The first kappa shape index (κ1) is 24.9. The van der Waals surface area contributed by atoms with Crippen LogP contribution in [0.1, 0.15) is 49.5 Å². The van der Waals surface area contributed by atoms with Crippen molar-refractivity contribution in [2.45, 2.75) is 57.2 Å². The van der Waals surface area contributed by atoms with Gasteiger partial charge in [-0.25, -0.2) is 8.42 Å². The number of hydrogen-bond acceptors (Lipinski definition) is 6. The molecule has 0 bridgehead atoms.